The third-order valence-electron chi connectivity index (χ3n) is 4.54. The van der Waals surface area contributed by atoms with Gasteiger partial charge in [-0.15, -0.1) is 0 Å². The first kappa shape index (κ1) is 15.8. The number of ether oxygens (including phenoxy) is 1. The molecule has 0 unspecified atom stereocenters. The summed E-state index contributed by atoms with van der Waals surface area (Å²) in [5, 5.41) is 0. The molecule has 1 atom stereocenters. The Labute approximate surface area is 146 Å². The van der Waals surface area contributed by atoms with Crippen LogP contribution in [0.1, 0.15) is 22.8 Å². The second-order valence-electron chi connectivity index (χ2n) is 6.40. The van der Waals surface area contributed by atoms with Crippen LogP contribution >= 0.6 is 0 Å². The zero-order valence-corrected chi connectivity index (χ0v) is 14.4. The fourth-order valence-electron chi connectivity index (χ4n) is 3.22. The molecule has 3 aromatic heterocycles. The second kappa shape index (κ2) is 6.68. The first-order chi connectivity index (χ1) is 12.2. The van der Waals surface area contributed by atoms with Crippen molar-refractivity contribution in [2.45, 2.75) is 32.5 Å². The van der Waals surface area contributed by atoms with E-state index < -0.39 is 0 Å². The monoisotopic (exact) mass is 339 g/mol. The lowest BCUT2D eigenvalue weighted by atomic mass is 10.0. The standard InChI is InChI=1S/C18H21N5O2/c1-13-7-19-8-18(21-13)25-11-14-6-17-16(20-12-22(17)2)10-23(14)9-15-4-3-5-24-15/h3-5,7-8,12,14H,6,9-11H2,1-2H3/t14-/m1/s1. The summed E-state index contributed by atoms with van der Waals surface area (Å²) in [5.74, 6) is 1.51. The van der Waals surface area contributed by atoms with Crippen LogP contribution in [0, 0.1) is 6.92 Å². The van der Waals surface area contributed by atoms with Crippen LogP contribution in [0.15, 0.2) is 41.5 Å². The molecule has 1 aliphatic rings. The van der Waals surface area contributed by atoms with Crippen molar-refractivity contribution < 1.29 is 9.15 Å². The summed E-state index contributed by atoms with van der Waals surface area (Å²) < 4.78 is 13.6. The molecule has 0 fully saturated rings. The Hall–Kier alpha value is -2.67. The lowest BCUT2D eigenvalue weighted by Crippen LogP contribution is -2.44. The van der Waals surface area contributed by atoms with Gasteiger partial charge in [-0.3, -0.25) is 9.88 Å². The van der Waals surface area contributed by atoms with Crippen LogP contribution in [-0.2, 0) is 26.6 Å². The van der Waals surface area contributed by atoms with Crippen molar-refractivity contribution in [2.75, 3.05) is 6.61 Å². The van der Waals surface area contributed by atoms with Gasteiger partial charge in [0.05, 0.1) is 42.8 Å². The van der Waals surface area contributed by atoms with Gasteiger partial charge in [-0.05, 0) is 19.1 Å². The maximum atomic E-state index is 5.93. The third-order valence-corrected chi connectivity index (χ3v) is 4.54. The highest BCUT2D eigenvalue weighted by molar-refractivity contribution is 5.19. The molecule has 0 bridgehead atoms. The molecule has 0 saturated heterocycles. The van der Waals surface area contributed by atoms with E-state index in [2.05, 4.69) is 24.4 Å². The molecule has 0 aliphatic carbocycles. The molecule has 0 spiro atoms. The van der Waals surface area contributed by atoms with Crippen molar-refractivity contribution in [3.63, 3.8) is 0 Å². The van der Waals surface area contributed by atoms with Crippen LogP contribution in [0.4, 0.5) is 0 Å². The summed E-state index contributed by atoms with van der Waals surface area (Å²) in [6, 6.07) is 4.13. The predicted molar refractivity (Wildman–Crippen MR) is 90.9 cm³/mol. The minimum Gasteiger partial charge on any atom is -0.475 e. The van der Waals surface area contributed by atoms with Crippen LogP contribution in [0.2, 0.25) is 0 Å². The van der Waals surface area contributed by atoms with Crippen LogP contribution < -0.4 is 4.74 Å². The van der Waals surface area contributed by atoms with E-state index in [9.17, 15) is 0 Å². The van der Waals surface area contributed by atoms with Crippen molar-refractivity contribution in [3.05, 3.63) is 60.0 Å². The fourth-order valence-corrected chi connectivity index (χ4v) is 3.22. The molecule has 25 heavy (non-hydrogen) atoms. The van der Waals surface area contributed by atoms with Crippen molar-refractivity contribution in [3.8, 4) is 5.88 Å². The molecule has 1 aliphatic heterocycles. The molecule has 130 valence electrons. The average Bonchev–Trinajstić information content (AvgIpc) is 3.23. The van der Waals surface area contributed by atoms with Gasteiger partial charge in [0.15, 0.2) is 0 Å². The highest BCUT2D eigenvalue weighted by Crippen LogP contribution is 2.24. The van der Waals surface area contributed by atoms with Gasteiger partial charge in [0.25, 0.3) is 0 Å². The van der Waals surface area contributed by atoms with Crippen LogP contribution in [-0.4, -0.2) is 37.1 Å². The zero-order valence-electron chi connectivity index (χ0n) is 14.4. The molecule has 4 heterocycles. The number of fused-ring (bicyclic) bond motifs is 1. The molecule has 0 N–H and O–H groups in total. The third kappa shape index (κ3) is 3.41. The van der Waals surface area contributed by atoms with E-state index in [-0.39, 0.29) is 6.04 Å². The summed E-state index contributed by atoms with van der Waals surface area (Å²) >= 11 is 0. The number of imidazole rings is 1. The minimum atomic E-state index is 0.218. The highest BCUT2D eigenvalue weighted by atomic mass is 16.5. The minimum absolute atomic E-state index is 0.218. The van der Waals surface area contributed by atoms with Gasteiger partial charge in [0.1, 0.15) is 12.4 Å². The van der Waals surface area contributed by atoms with Gasteiger partial charge in [0, 0.05) is 31.9 Å². The van der Waals surface area contributed by atoms with Crippen LogP contribution in [0.5, 0.6) is 5.88 Å². The Morgan fingerprint density at radius 1 is 1.36 bits per heavy atom. The smallest absolute Gasteiger partial charge is 0.232 e. The molecular formula is C18H21N5O2. The Morgan fingerprint density at radius 2 is 2.28 bits per heavy atom. The molecule has 0 aromatic carbocycles. The fraction of sp³-hybridized carbons (Fsp3) is 0.389. The summed E-state index contributed by atoms with van der Waals surface area (Å²) in [6.45, 7) is 3.97. The molecule has 0 radical (unpaired) electrons. The number of hydrogen-bond acceptors (Lipinski definition) is 6. The summed E-state index contributed by atoms with van der Waals surface area (Å²) in [6.07, 6.45) is 7.84. The van der Waals surface area contributed by atoms with Gasteiger partial charge in [-0.1, -0.05) is 0 Å². The molecule has 3 aromatic rings. The van der Waals surface area contributed by atoms with E-state index in [1.54, 1.807) is 18.7 Å². The SMILES string of the molecule is Cc1cncc(OC[C@H]2Cc3c(ncn3C)CN2Cc2ccco2)n1. The molecule has 4 rings (SSSR count). The quantitative estimate of drug-likeness (QED) is 0.709. The Kier molecular flexibility index (Phi) is 4.23. The van der Waals surface area contributed by atoms with Crippen molar-refractivity contribution in [1.29, 1.82) is 0 Å². The lowest BCUT2D eigenvalue weighted by Gasteiger charge is -2.34. The number of nitrogens with zero attached hydrogens (tertiary/aromatic N) is 5. The van der Waals surface area contributed by atoms with E-state index in [4.69, 9.17) is 9.15 Å². The van der Waals surface area contributed by atoms with E-state index in [1.165, 1.54) is 5.69 Å². The zero-order chi connectivity index (χ0) is 17.2. The maximum Gasteiger partial charge on any atom is 0.232 e. The van der Waals surface area contributed by atoms with Crippen molar-refractivity contribution >= 4 is 0 Å². The van der Waals surface area contributed by atoms with Crippen LogP contribution in [0.25, 0.3) is 0 Å². The molecule has 0 amide bonds. The van der Waals surface area contributed by atoms with E-state index in [1.807, 2.05) is 32.4 Å². The number of aromatic nitrogens is 4. The highest BCUT2D eigenvalue weighted by Gasteiger charge is 2.30. The van der Waals surface area contributed by atoms with E-state index in [0.29, 0.717) is 12.5 Å². The van der Waals surface area contributed by atoms with Crippen LogP contribution in [0.3, 0.4) is 0 Å². The summed E-state index contributed by atoms with van der Waals surface area (Å²) in [4.78, 5) is 15.4. The Bertz CT molecular complexity index is 843. The topological polar surface area (TPSA) is 69.2 Å². The first-order valence-corrected chi connectivity index (χ1v) is 8.36. The predicted octanol–water partition coefficient (Wildman–Crippen LogP) is 2.12. The first-order valence-electron chi connectivity index (χ1n) is 8.36. The molecule has 7 heteroatoms. The van der Waals surface area contributed by atoms with Gasteiger partial charge in [-0.2, -0.15) is 0 Å². The maximum absolute atomic E-state index is 5.93. The van der Waals surface area contributed by atoms with E-state index >= 15 is 0 Å². The number of rotatable bonds is 5. The molecule has 0 saturated carbocycles. The summed E-state index contributed by atoms with van der Waals surface area (Å²) in [7, 11) is 2.04. The average molecular weight is 339 g/mol. The van der Waals surface area contributed by atoms with Gasteiger partial charge < -0.3 is 13.7 Å². The van der Waals surface area contributed by atoms with Gasteiger partial charge in [-0.25, -0.2) is 9.97 Å². The lowest BCUT2D eigenvalue weighted by molar-refractivity contribution is 0.0973. The molecule has 7 nitrogen and oxygen atoms in total. The molecular weight excluding hydrogens is 318 g/mol. The van der Waals surface area contributed by atoms with Gasteiger partial charge >= 0.3 is 0 Å². The van der Waals surface area contributed by atoms with E-state index in [0.717, 1.165) is 36.7 Å². The Morgan fingerprint density at radius 3 is 3.08 bits per heavy atom. The van der Waals surface area contributed by atoms with Gasteiger partial charge in [0.2, 0.25) is 5.88 Å². The summed E-state index contributed by atoms with van der Waals surface area (Å²) in [5.41, 5.74) is 3.24. The largest absolute Gasteiger partial charge is 0.475 e. The van der Waals surface area contributed by atoms with Crippen molar-refractivity contribution in [2.24, 2.45) is 7.05 Å². The second-order valence-corrected chi connectivity index (χ2v) is 6.40. The number of aryl methyl sites for hydroxylation is 2. The van der Waals surface area contributed by atoms with Crippen molar-refractivity contribution in [1.82, 2.24) is 24.4 Å². The normalized spacial score (nSPS) is 17.4. The number of furan rings is 1. The number of hydrogen-bond donors (Lipinski definition) is 0. The Balaban J connectivity index is 1.52.